The SMILES string of the molecule is Cc1cccc(N)c1OCc1cccc2ccccc12. The molecule has 0 heterocycles. The predicted molar refractivity (Wildman–Crippen MR) is 83.9 cm³/mol. The molecule has 3 aromatic carbocycles. The number of para-hydroxylation sites is 1. The molecule has 0 saturated carbocycles. The van der Waals surface area contributed by atoms with Crippen LogP contribution in [0, 0.1) is 6.92 Å². The van der Waals surface area contributed by atoms with E-state index in [1.54, 1.807) is 0 Å². The van der Waals surface area contributed by atoms with Crippen LogP contribution in [-0.4, -0.2) is 0 Å². The van der Waals surface area contributed by atoms with Crippen molar-refractivity contribution in [1.29, 1.82) is 0 Å². The van der Waals surface area contributed by atoms with Crippen LogP contribution >= 0.6 is 0 Å². The second-order valence-electron chi connectivity index (χ2n) is 4.92. The third kappa shape index (κ3) is 2.32. The number of anilines is 1. The topological polar surface area (TPSA) is 35.2 Å². The molecule has 0 bridgehead atoms. The maximum atomic E-state index is 5.97. The van der Waals surface area contributed by atoms with Crippen LogP contribution in [0.5, 0.6) is 5.75 Å². The lowest BCUT2D eigenvalue weighted by Crippen LogP contribution is -2.01. The average molecular weight is 263 g/mol. The lowest BCUT2D eigenvalue weighted by atomic mass is 10.1. The molecule has 3 rings (SSSR count). The quantitative estimate of drug-likeness (QED) is 0.715. The monoisotopic (exact) mass is 263 g/mol. The number of ether oxygens (including phenoxy) is 1. The zero-order valence-corrected chi connectivity index (χ0v) is 11.5. The Morgan fingerprint density at radius 2 is 1.65 bits per heavy atom. The largest absolute Gasteiger partial charge is 0.486 e. The molecule has 0 fully saturated rings. The summed E-state index contributed by atoms with van der Waals surface area (Å²) in [7, 11) is 0. The molecule has 0 aromatic heterocycles. The lowest BCUT2D eigenvalue weighted by Gasteiger charge is -2.13. The van der Waals surface area contributed by atoms with Gasteiger partial charge in [0.1, 0.15) is 12.4 Å². The Morgan fingerprint density at radius 1 is 0.900 bits per heavy atom. The summed E-state index contributed by atoms with van der Waals surface area (Å²) in [6, 6.07) is 20.4. The van der Waals surface area contributed by atoms with Gasteiger partial charge in [-0.3, -0.25) is 0 Å². The summed E-state index contributed by atoms with van der Waals surface area (Å²) < 4.78 is 5.94. The van der Waals surface area contributed by atoms with Gasteiger partial charge in [0.2, 0.25) is 0 Å². The molecule has 2 nitrogen and oxygen atoms in total. The van der Waals surface area contributed by atoms with Gasteiger partial charge in [0.15, 0.2) is 0 Å². The zero-order chi connectivity index (χ0) is 13.9. The van der Waals surface area contributed by atoms with Gasteiger partial charge in [-0.05, 0) is 34.9 Å². The van der Waals surface area contributed by atoms with Crippen molar-refractivity contribution in [1.82, 2.24) is 0 Å². The van der Waals surface area contributed by atoms with Crippen molar-refractivity contribution in [3.8, 4) is 5.75 Å². The molecule has 3 aromatic rings. The fourth-order valence-electron chi connectivity index (χ4n) is 2.44. The van der Waals surface area contributed by atoms with Crippen molar-refractivity contribution >= 4 is 16.5 Å². The van der Waals surface area contributed by atoms with Gasteiger partial charge in [0.25, 0.3) is 0 Å². The summed E-state index contributed by atoms with van der Waals surface area (Å²) in [5, 5.41) is 2.45. The van der Waals surface area contributed by atoms with Crippen molar-refractivity contribution < 1.29 is 4.74 Å². The van der Waals surface area contributed by atoms with E-state index in [0.717, 1.165) is 11.3 Å². The minimum atomic E-state index is 0.524. The second-order valence-corrected chi connectivity index (χ2v) is 4.92. The summed E-state index contributed by atoms with van der Waals surface area (Å²) in [5.41, 5.74) is 8.89. The first-order valence-electron chi connectivity index (χ1n) is 6.70. The molecule has 100 valence electrons. The first-order valence-corrected chi connectivity index (χ1v) is 6.70. The van der Waals surface area contributed by atoms with E-state index in [0.29, 0.717) is 12.3 Å². The van der Waals surface area contributed by atoms with E-state index in [2.05, 4.69) is 30.3 Å². The van der Waals surface area contributed by atoms with Crippen LogP contribution in [0.2, 0.25) is 0 Å². The molecule has 0 aliphatic heterocycles. The van der Waals surface area contributed by atoms with Crippen molar-refractivity contribution in [2.45, 2.75) is 13.5 Å². The first-order chi connectivity index (χ1) is 9.75. The summed E-state index contributed by atoms with van der Waals surface area (Å²) in [6.45, 7) is 2.53. The summed E-state index contributed by atoms with van der Waals surface area (Å²) in [4.78, 5) is 0. The summed E-state index contributed by atoms with van der Waals surface area (Å²) in [5.74, 6) is 0.778. The van der Waals surface area contributed by atoms with Crippen molar-refractivity contribution in [3.63, 3.8) is 0 Å². The van der Waals surface area contributed by atoms with Gasteiger partial charge >= 0.3 is 0 Å². The average Bonchev–Trinajstić information content (AvgIpc) is 2.47. The van der Waals surface area contributed by atoms with Gasteiger partial charge < -0.3 is 10.5 Å². The number of nitrogens with two attached hydrogens (primary N) is 1. The highest BCUT2D eigenvalue weighted by molar-refractivity contribution is 5.85. The van der Waals surface area contributed by atoms with Gasteiger partial charge in [-0.25, -0.2) is 0 Å². The van der Waals surface area contributed by atoms with E-state index in [4.69, 9.17) is 10.5 Å². The van der Waals surface area contributed by atoms with Gasteiger partial charge in [-0.15, -0.1) is 0 Å². The van der Waals surface area contributed by atoms with E-state index in [-0.39, 0.29) is 0 Å². The fraction of sp³-hybridized carbons (Fsp3) is 0.111. The standard InChI is InChI=1S/C18H17NO/c1-13-6-4-11-17(19)18(13)20-12-15-9-5-8-14-7-2-3-10-16(14)15/h2-11H,12,19H2,1H3. The smallest absolute Gasteiger partial charge is 0.145 e. The lowest BCUT2D eigenvalue weighted by molar-refractivity contribution is 0.307. The second kappa shape index (κ2) is 5.25. The normalized spacial score (nSPS) is 10.7. The molecule has 0 amide bonds. The molecule has 0 unspecified atom stereocenters. The van der Waals surface area contributed by atoms with E-state index in [1.165, 1.54) is 16.3 Å². The van der Waals surface area contributed by atoms with Crippen molar-refractivity contribution in [2.75, 3.05) is 5.73 Å². The first kappa shape index (κ1) is 12.5. The Balaban J connectivity index is 1.91. The molecule has 0 aliphatic carbocycles. The number of aryl methyl sites for hydroxylation is 1. The number of hydrogen-bond donors (Lipinski definition) is 1. The van der Waals surface area contributed by atoms with Crippen LogP contribution in [0.4, 0.5) is 5.69 Å². The van der Waals surface area contributed by atoms with Crippen LogP contribution in [0.25, 0.3) is 10.8 Å². The Labute approximate surface area is 118 Å². The maximum Gasteiger partial charge on any atom is 0.145 e. The molecular weight excluding hydrogens is 246 g/mol. The van der Waals surface area contributed by atoms with E-state index in [9.17, 15) is 0 Å². The van der Waals surface area contributed by atoms with Crippen molar-refractivity contribution in [3.05, 3.63) is 71.8 Å². The number of nitrogen functional groups attached to an aromatic ring is 1. The van der Waals surface area contributed by atoms with Crippen LogP contribution in [0.1, 0.15) is 11.1 Å². The maximum absolute atomic E-state index is 5.97. The van der Waals surface area contributed by atoms with Crippen molar-refractivity contribution in [2.24, 2.45) is 0 Å². The molecule has 0 radical (unpaired) electrons. The molecule has 0 atom stereocenters. The Hall–Kier alpha value is -2.48. The Kier molecular flexibility index (Phi) is 3.30. The Bertz CT molecular complexity index is 724. The van der Waals surface area contributed by atoms with Gasteiger partial charge in [-0.2, -0.15) is 0 Å². The van der Waals surface area contributed by atoms with E-state index >= 15 is 0 Å². The minimum Gasteiger partial charge on any atom is -0.486 e. The number of hydrogen-bond acceptors (Lipinski definition) is 2. The molecule has 0 aliphatic rings. The van der Waals surface area contributed by atoms with Crippen LogP contribution in [0.3, 0.4) is 0 Å². The Morgan fingerprint density at radius 3 is 2.50 bits per heavy atom. The third-order valence-electron chi connectivity index (χ3n) is 3.49. The number of fused-ring (bicyclic) bond motifs is 1. The van der Waals surface area contributed by atoms with Crippen LogP contribution in [0.15, 0.2) is 60.7 Å². The molecule has 20 heavy (non-hydrogen) atoms. The highest BCUT2D eigenvalue weighted by atomic mass is 16.5. The van der Waals surface area contributed by atoms with E-state index in [1.807, 2.05) is 37.3 Å². The highest BCUT2D eigenvalue weighted by Gasteiger charge is 2.06. The summed E-state index contributed by atoms with van der Waals surface area (Å²) in [6.07, 6.45) is 0. The predicted octanol–water partition coefficient (Wildman–Crippen LogP) is 4.31. The molecule has 2 heteroatoms. The van der Waals surface area contributed by atoms with Gasteiger partial charge in [0.05, 0.1) is 5.69 Å². The minimum absolute atomic E-state index is 0.524. The molecule has 0 saturated heterocycles. The van der Waals surface area contributed by atoms with Gasteiger partial charge in [0, 0.05) is 0 Å². The zero-order valence-electron chi connectivity index (χ0n) is 11.5. The number of benzene rings is 3. The fourth-order valence-corrected chi connectivity index (χ4v) is 2.44. The molecular formula is C18H17NO. The number of rotatable bonds is 3. The van der Waals surface area contributed by atoms with Gasteiger partial charge in [-0.1, -0.05) is 54.6 Å². The highest BCUT2D eigenvalue weighted by Crippen LogP contribution is 2.27. The molecule has 2 N–H and O–H groups in total. The van der Waals surface area contributed by atoms with E-state index < -0.39 is 0 Å². The van der Waals surface area contributed by atoms with Crippen LogP contribution < -0.4 is 10.5 Å². The molecule has 0 spiro atoms. The van der Waals surface area contributed by atoms with Crippen LogP contribution in [-0.2, 0) is 6.61 Å². The third-order valence-corrected chi connectivity index (χ3v) is 3.49. The summed E-state index contributed by atoms with van der Waals surface area (Å²) >= 11 is 0.